The van der Waals surface area contributed by atoms with E-state index in [1.807, 2.05) is 77.4 Å². The van der Waals surface area contributed by atoms with Crippen LogP contribution in [-0.2, 0) is 6.54 Å². The van der Waals surface area contributed by atoms with Gasteiger partial charge in [0.25, 0.3) is 0 Å². The quantitative estimate of drug-likeness (QED) is 0.466. The Bertz CT molecular complexity index is 1450. The molecule has 7 heteroatoms. The van der Waals surface area contributed by atoms with Gasteiger partial charge in [0.05, 0.1) is 12.8 Å². The molecule has 32 heavy (non-hydrogen) atoms. The number of hydrogen-bond donors (Lipinski definition) is 1. The van der Waals surface area contributed by atoms with Gasteiger partial charge >= 0.3 is 5.69 Å². The van der Waals surface area contributed by atoms with E-state index in [9.17, 15) is 4.79 Å². The van der Waals surface area contributed by atoms with E-state index >= 15 is 0 Å². The summed E-state index contributed by atoms with van der Waals surface area (Å²) in [6.45, 7) is 0.466. The summed E-state index contributed by atoms with van der Waals surface area (Å²) in [5.74, 6) is 0.768. The molecule has 0 spiro atoms. The minimum atomic E-state index is -0.382. The first-order valence-electron chi connectivity index (χ1n) is 10.2. The molecule has 0 bridgehead atoms. The molecular formula is C25H21N5O2. The maximum atomic E-state index is 12.7. The van der Waals surface area contributed by atoms with Crippen molar-refractivity contribution in [3.63, 3.8) is 0 Å². The first-order valence-corrected chi connectivity index (χ1v) is 10.2. The summed E-state index contributed by atoms with van der Waals surface area (Å²) in [5, 5.41) is 0. The van der Waals surface area contributed by atoms with E-state index in [1.54, 1.807) is 19.6 Å². The largest absolute Gasteiger partial charge is 0.497 e. The number of benzene rings is 3. The van der Waals surface area contributed by atoms with Gasteiger partial charge in [-0.25, -0.2) is 9.78 Å². The second-order valence-electron chi connectivity index (χ2n) is 7.32. The van der Waals surface area contributed by atoms with Gasteiger partial charge in [0, 0.05) is 18.4 Å². The minimum absolute atomic E-state index is 0.382. The van der Waals surface area contributed by atoms with Gasteiger partial charge in [-0.05, 0) is 53.1 Å². The maximum absolute atomic E-state index is 12.7. The fraction of sp³-hybridized carbons (Fsp3) is 0.0800. The highest BCUT2D eigenvalue weighted by molar-refractivity contribution is 5.73. The summed E-state index contributed by atoms with van der Waals surface area (Å²) < 4.78 is 8.66. The highest BCUT2D eigenvalue weighted by atomic mass is 16.5. The van der Waals surface area contributed by atoms with Crippen molar-refractivity contribution in [2.75, 3.05) is 7.11 Å². The van der Waals surface area contributed by atoms with Crippen molar-refractivity contribution < 1.29 is 4.74 Å². The number of aromatic nitrogens is 4. The van der Waals surface area contributed by atoms with Gasteiger partial charge in [0.15, 0.2) is 5.65 Å². The zero-order valence-electron chi connectivity index (χ0n) is 17.5. The Hall–Kier alpha value is -4.23. The van der Waals surface area contributed by atoms with Crippen LogP contribution >= 0.6 is 0 Å². The molecule has 3 aromatic carbocycles. The number of ether oxygens (including phenoxy) is 1. The van der Waals surface area contributed by atoms with E-state index in [0.29, 0.717) is 12.2 Å². The van der Waals surface area contributed by atoms with Gasteiger partial charge < -0.3 is 10.5 Å². The van der Waals surface area contributed by atoms with E-state index in [-0.39, 0.29) is 5.69 Å². The Balaban J connectivity index is 1.56. The van der Waals surface area contributed by atoms with Crippen LogP contribution in [0.5, 0.6) is 5.75 Å². The fourth-order valence-corrected chi connectivity index (χ4v) is 3.79. The van der Waals surface area contributed by atoms with Crippen LogP contribution in [0.15, 0.2) is 90.1 Å². The molecule has 5 rings (SSSR count). The van der Waals surface area contributed by atoms with Crippen molar-refractivity contribution >= 4 is 11.2 Å². The van der Waals surface area contributed by atoms with E-state index < -0.39 is 0 Å². The standard InChI is InChI=1S/C25H21N5O2/c1-32-21-12-10-20(11-13-21)30-16-27-24-23(30)15-29(25(31)28-24)19-8-6-17(7-9-19)22-5-3-2-4-18(22)14-26/h2-13,15-16H,14,26H2,1H3. The third-order valence-corrected chi connectivity index (χ3v) is 5.49. The second-order valence-corrected chi connectivity index (χ2v) is 7.32. The zero-order valence-corrected chi connectivity index (χ0v) is 17.5. The molecule has 0 fully saturated rings. The number of hydrogen-bond acceptors (Lipinski definition) is 5. The average Bonchev–Trinajstić information content (AvgIpc) is 3.26. The Morgan fingerprint density at radius 3 is 2.31 bits per heavy atom. The SMILES string of the molecule is COc1ccc(-n2cnc3nc(=O)n(-c4ccc(-c5ccccc5CN)cc4)cc32)cc1. The van der Waals surface area contributed by atoms with Crippen LogP contribution in [0.4, 0.5) is 0 Å². The molecule has 0 saturated heterocycles. The summed E-state index contributed by atoms with van der Waals surface area (Å²) >= 11 is 0. The van der Waals surface area contributed by atoms with Gasteiger partial charge in [-0.15, -0.1) is 0 Å². The molecule has 5 aromatic rings. The van der Waals surface area contributed by atoms with E-state index in [1.165, 1.54) is 4.57 Å². The average molecular weight is 423 g/mol. The summed E-state index contributed by atoms with van der Waals surface area (Å²) in [6, 6.07) is 23.4. The third-order valence-electron chi connectivity index (χ3n) is 5.49. The summed E-state index contributed by atoms with van der Waals surface area (Å²) in [7, 11) is 1.63. The number of fused-ring (bicyclic) bond motifs is 1. The number of nitrogens with two attached hydrogens (primary N) is 1. The van der Waals surface area contributed by atoms with Crippen molar-refractivity contribution in [2.45, 2.75) is 6.54 Å². The lowest BCUT2D eigenvalue weighted by atomic mass is 9.99. The Labute approximate surface area is 184 Å². The van der Waals surface area contributed by atoms with E-state index in [4.69, 9.17) is 10.5 Å². The Morgan fingerprint density at radius 1 is 0.906 bits per heavy atom. The molecule has 0 unspecified atom stereocenters. The highest BCUT2D eigenvalue weighted by Crippen LogP contribution is 2.25. The topological polar surface area (TPSA) is 88.0 Å². The lowest BCUT2D eigenvalue weighted by Crippen LogP contribution is -2.21. The van der Waals surface area contributed by atoms with Crippen LogP contribution in [0, 0.1) is 0 Å². The Morgan fingerprint density at radius 2 is 1.59 bits per heavy atom. The second kappa shape index (κ2) is 8.13. The molecule has 0 amide bonds. The highest BCUT2D eigenvalue weighted by Gasteiger charge is 2.11. The van der Waals surface area contributed by atoms with Gasteiger partial charge in [-0.1, -0.05) is 36.4 Å². The van der Waals surface area contributed by atoms with Crippen molar-refractivity contribution in [2.24, 2.45) is 5.73 Å². The first-order chi connectivity index (χ1) is 15.7. The summed E-state index contributed by atoms with van der Waals surface area (Å²) in [5.41, 5.74) is 11.4. The van der Waals surface area contributed by atoms with Gasteiger partial charge in [0.2, 0.25) is 0 Å². The maximum Gasteiger partial charge on any atom is 0.354 e. The molecule has 0 atom stereocenters. The van der Waals surface area contributed by atoms with E-state index in [2.05, 4.69) is 9.97 Å². The van der Waals surface area contributed by atoms with Gasteiger partial charge in [-0.2, -0.15) is 4.98 Å². The monoisotopic (exact) mass is 423 g/mol. The van der Waals surface area contributed by atoms with Crippen LogP contribution in [-0.4, -0.2) is 26.2 Å². The van der Waals surface area contributed by atoms with Crippen LogP contribution in [0.1, 0.15) is 5.56 Å². The zero-order chi connectivity index (χ0) is 22.1. The molecule has 7 nitrogen and oxygen atoms in total. The third kappa shape index (κ3) is 3.44. The molecule has 2 N–H and O–H groups in total. The van der Waals surface area contributed by atoms with E-state index in [0.717, 1.165) is 39.3 Å². The molecule has 2 aromatic heterocycles. The first kappa shape index (κ1) is 19.7. The lowest BCUT2D eigenvalue weighted by molar-refractivity contribution is 0.415. The van der Waals surface area contributed by atoms with Crippen molar-refractivity contribution in [3.8, 4) is 28.3 Å². The normalized spacial score (nSPS) is 11.1. The fourth-order valence-electron chi connectivity index (χ4n) is 3.79. The van der Waals surface area contributed by atoms with Crippen molar-refractivity contribution in [3.05, 3.63) is 101 Å². The van der Waals surface area contributed by atoms with Crippen LogP contribution in [0.2, 0.25) is 0 Å². The lowest BCUT2D eigenvalue weighted by Gasteiger charge is -2.11. The molecule has 0 radical (unpaired) electrons. The molecule has 0 saturated carbocycles. The van der Waals surface area contributed by atoms with Crippen LogP contribution in [0.25, 0.3) is 33.7 Å². The van der Waals surface area contributed by atoms with Crippen LogP contribution in [0.3, 0.4) is 0 Å². The molecule has 0 aliphatic rings. The Kier molecular flexibility index (Phi) is 5.01. The van der Waals surface area contributed by atoms with Gasteiger partial charge in [0.1, 0.15) is 17.6 Å². The molecule has 2 heterocycles. The predicted octanol–water partition coefficient (Wildman–Crippen LogP) is 3.71. The number of rotatable bonds is 5. The van der Waals surface area contributed by atoms with Gasteiger partial charge in [-0.3, -0.25) is 9.13 Å². The molecule has 0 aliphatic carbocycles. The number of methoxy groups -OCH3 is 1. The molecular weight excluding hydrogens is 402 g/mol. The number of nitrogens with zero attached hydrogens (tertiary/aromatic N) is 4. The molecule has 158 valence electrons. The summed E-state index contributed by atoms with van der Waals surface area (Å²) in [4.78, 5) is 21.2. The van der Waals surface area contributed by atoms with Crippen LogP contribution < -0.4 is 16.2 Å². The van der Waals surface area contributed by atoms with Crippen molar-refractivity contribution in [1.82, 2.24) is 19.1 Å². The predicted molar refractivity (Wildman–Crippen MR) is 124 cm³/mol. The minimum Gasteiger partial charge on any atom is -0.497 e. The summed E-state index contributed by atoms with van der Waals surface area (Å²) in [6.07, 6.45) is 3.43. The number of imidazole rings is 1. The van der Waals surface area contributed by atoms with Crippen molar-refractivity contribution in [1.29, 1.82) is 0 Å². The smallest absolute Gasteiger partial charge is 0.354 e. The molecule has 0 aliphatic heterocycles.